The van der Waals surface area contributed by atoms with Crippen LogP contribution in [0.5, 0.6) is 0 Å². The third-order valence-corrected chi connectivity index (χ3v) is 2.52. The Morgan fingerprint density at radius 1 is 1.44 bits per heavy atom. The molecule has 2 heterocycles. The van der Waals surface area contributed by atoms with Crippen LogP contribution in [0.3, 0.4) is 0 Å². The molecule has 2 rings (SSSR count). The van der Waals surface area contributed by atoms with E-state index in [9.17, 15) is 9.59 Å². The lowest BCUT2D eigenvalue weighted by atomic mass is 10.3. The fraction of sp³-hybridized carbons (Fsp3) is 0.182. The molecule has 2 aromatic heterocycles. The first-order chi connectivity index (χ1) is 8.61. The zero-order chi connectivity index (χ0) is 13.1. The van der Waals surface area contributed by atoms with E-state index in [-0.39, 0.29) is 11.4 Å². The Labute approximate surface area is 103 Å². The molecule has 0 bridgehead atoms. The van der Waals surface area contributed by atoms with Crippen LogP contribution in [0.1, 0.15) is 16.2 Å². The fourth-order valence-corrected chi connectivity index (χ4v) is 1.57. The number of hydrazine groups is 1. The first-order valence-electron chi connectivity index (χ1n) is 5.30. The van der Waals surface area contributed by atoms with E-state index in [4.69, 9.17) is 5.84 Å². The van der Waals surface area contributed by atoms with Gasteiger partial charge in [-0.2, -0.15) is 0 Å². The number of hydrogen-bond acceptors (Lipinski definition) is 4. The molecule has 1 amide bonds. The summed E-state index contributed by atoms with van der Waals surface area (Å²) in [7, 11) is 1.67. The molecule has 0 aromatic carbocycles. The third kappa shape index (κ3) is 2.30. The second-order valence-electron chi connectivity index (χ2n) is 3.81. The molecule has 0 aliphatic heterocycles. The van der Waals surface area contributed by atoms with Crippen LogP contribution in [0, 0.1) is 0 Å². The van der Waals surface area contributed by atoms with Crippen LogP contribution in [-0.2, 0) is 13.6 Å². The number of rotatable bonds is 3. The van der Waals surface area contributed by atoms with Crippen LogP contribution in [0.25, 0.3) is 0 Å². The topological polar surface area (TPSA) is 94.9 Å². The number of hydrogen-bond donors (Lipinski definition) is 2. The van der Waals surface area contributed by atoms with Crippen LogP contribution >= 0.6 is 0 Å². The normalized spacial score (nSPS) is 10.3. The second-order valence-corrected chi connectivity index (χ2v) is 3.81. The quantitative estimate of drug-likeness (QED) is 0.423. The highest BCUT2D eigenvalue weighted by atomic mass is 16.2. The van der Waals surface area contributed by atoms with Gasteiger partial charge < -0.3 is 4.57 Å². The molecule has 0 saturated heterocycles. The maximum atomic E-state index is 11.6. The predicted molar refractivity (Wildman–Crippen MR) is 64.7 cm³/mol. The summed E-state index contributed by atoms with van der Waals surface area (Å²) >= 11 is 0. The molecule has 3 N–H and O–H groups in total. The number of carbonyl (C=O) groups excluding carboxylic acids is 1. The van der Waals surface area contributed by atoms with Gasteiger partial charge in [-0.1, -0.05) is 6.07 Å². The summed E-state index contributed by atoms with van der Waals surface area (Å²) in [5.74, 6) is 4.58. The highest BCUT2D eigenvalue weighted by Gasteiger charge is 2.07. The van der Waals surface area contributed by atoms with Gasteiger partial charge in [0.05, 0.1) is 12.2 Å². The fourth-order valence-electron chi connectivity index (χ4n) is 1.57. The van der Waals surface area contributed by atoms with Crippen LogP contribution in [0.2, 0.25) is 0 Å². The first kappa shape index (κ1) is 12.1. The van der Waals surface area contributed by atoms with Gasteiger partial charge in [0.1, 0.15) is 5.69 Å². The van der Waals surface area contributed by atoms with Crippen molar-refractivity contribution in [2.24, 2.45) is 12.9 Å². The minimum Gasteiger partial charge on any atom is -0.302 e. The van der Waals surface area contributed by atoms with Crippen molar-refractivity contribution in [1.29, 1.82) is 0 Å². The summed E-state index contributed by atoms with van der Waals surface area (Å²) in [6, 6.07) is 4.99. The average Bonchev–Trinajstić information content (AvgIpc) is 2.70. The Kier molecular flexibility index (Phi) is 3.24. The summed E-state index contributed by atoms with van der Waals surface area (Å²) in [5.41, 5.74) is 2.72. The molecular weight excluding hydrogens is 234 g/mol. The van der Waals surface area contributed by atoms with Gasteiger partial charge in [-0.05, 0) is 12.1 Å². The van der Waals surface area contributed by atoms with Gasteiger partial charge in [0, 0.05) is 19.4 Å². The molecule has 7 heteroatoms. The van der Waals surface area contributed by atoms with Crippen molar-refractivity contribution in [3.8, 4) is 0 Å². The Hall–Kier alpha value is -2.41. The molecule has 94 valence electrons. The van der Waals surface area contributed by atoms with Crippen molar-refractivity contribution >= 4 is 5.91 Å². The molecule has 0 aliphatic rings. The van der Waals surface area contributed by atoms with Crippen molar-refractivity contribution in [2.45, 2.75) is 6.54 Å². The number of nitrogens with two attached hydrogens (primary N) is 1. The summed E-state index contributed by atoms with van der Waals surface area (Å²) in [5, 5.41) is 0. The monoisotopic (exact) mass is 247 g/mol. The van der Waals surface area contributed by atoms with Crippen LogP contribution in [0.15, 0.2) is 35.4 Å². The maximum absolute atomic E-state index is 11.6. The Bertz CT molecular complexity index is 628. The van der Waals surface area contributed by atoms with E-state index in [1.54, 1.807) is 37.6 Å². The second kappa shape index (κ2) is 4.84. The van der Waals surface area contributed by atoms with E-state index in [1.165, 1.54) is 9.13 Å². The summed E-state index contributed by atoms with van der Waals surface area (Å²) in [6.07, 6.45) is 3.33. The van der Waals surface area contributed by atoms with E-state index in [2.05, 4.69) is 4.98 Å². The molecule has 0 radical (unpaired) electrons. The molecule has 0 spiro atoms. The summed E-state index contributed by atoms with van der Waals surface area (Å²) in [4.78, 5) is 27.1. The Morgan fingerprint density at radius 2 is 2.22 bits per heavy atom. The number of amides is 1. The van der Waals surface area contributed by atoms with Gasteiger partial charge in [0.2, 0.25) is 0 Å². The van der Waals surface area contributed by atoms with Gasteiger partial charge >= 0.3 is 5.69 Å². The lowest BCUT2D eigenvalue weighted by Crippen LogP contribution is -2.31. The maximum Gasteiger partial charge on any atom is 0.328 e. The molecule has 18 heavy (non-hydrogen) atoms. The molecule has 0 saturated carbocycles. The Morgan fingerprint density at radius 3 is 2.83 bits per heavy atom. The van der Waals surface area contributed by atoms with Crippen LogP contribution in [-0.4, -0.2) is 20.0 Å². The Balaban J connectivity index is 2.27. The number of nitrogens with one attached hydrogen (secondary N) is 1. The van der Waals surface area contributed by atoms with Crippen molar-refractivity contribution in [1.82, 2.24) is 19.5 Å². The predicted octanol–water partition coefficient (Wildman–Crippen LogP) is -0.766. The number of carbonyl (C=O) groups is 1. The number of aromatic nitrogens is 3. The molecule has 0 fully saturated rings. The number of pyridine rings is 1. The largest absolute Gasteiger partial charge is 0.328 e. The minimum atomic E-state index is -0.461. The molecule has 0 aliphatic carbocycles. The van der Waals surface area contributed by atoms with Gasteiger partial charge in [0.15, 0.2) is 0 Å². The molecule has 0 unspecified atom stereocenters. The van der Waals surface area contributed by atoms with E-state index >= 15 is 0 Å². The van der Waals surface area contributed by atoms with Gasteiger partial charge in [-0.25, -0.2) is 15.6 Å². The zero-order valence-corrected chi connectivity index (χ0v) is 9.83. The number of imidazole rings is 1. The van der Waals surface area contributed by atoms with E-state index in [0.717, 1.165) is 0 Å². The smallest absolute Gasteiger partial charge is 0.302 e. The van der Waals surface area contributed by atoms with Crippen molar-refractivity contribution in [2.75, 3.05) is 0 Å². The number of nitrogens with zero attached hydrogens (tertiary/aromatic N) is 3. The van der Waals surface area contributed by atoms with Gasteiger partial charge in [-0.15, -0.1) is 0 Å². The van der Waals surface area contributed by atoms with E-state index in [0.29, 0.717) is 12.2 Å². The van der Waals surface area contributed by atoms with Gasteiger partial charge in [0.25, 0.3) is 5.91 Å². The zero-order valence-electron chi connectivity index (χ0n) is 9.83. The van der Waals surface area contributed by atoms with Gasteiger partial charge in [-0.3, -0.25) is 14.8 Å². The number of aryl methyl sites for hydroxylation is 1. The highest BCUT2D eigenvalue weighted by molar-refractivity contribution is 5.91. The number of nitrogen functional groups attached to an aromatic ring is 1. The average molecular weight is 247 g/mol. The first-order valence-corrected chi connectivity index (χ1v) is 5.30. The summed E-state index contributed by atoms with van der Waals surface area (Å²) < 4.78 is 2.98. The molecular formula is C11H13N5O2. The lowest BCUT2D eigenvalue weighted by molar-refractivity contribution is 0.0948. The van der Waals surface area contributed by atoms with Crippen molar-refractivity contribution in [3.05, 3.63) is 52.5 Å². The van der Waals surface area contributed by atoms with E-state index in [1.807, 2.05) is 5.43 Å². The SMILES string of the molecule is Cn1ccn(Cc2cccc(C(=O)NN)n2)c1=O. The third-order valence-electron chi connectivity index (χ3n) is 2.52. The van der Waals surface area contributed by atoms with E-state index < -0.39 is 5.91 Å². The summed E-state index contributed by atoms with van der Waals surface area (Å²) in [6.45, 7) is 0.311. The minimum absolute atomic E-state index is 0.134. The highest BCUT2D eigenvalue weighted by Crippen LogP contribution is 2.01. The molecule has 2 aromatic rings. The molecule has 0 atom stereocenters. The van der Waals surface area contributed by atoms with Crippen molar-refractivity contribution < 1.29 is 4.79 Å². The lowest BCUT2D eigenvalue weighted by Gasteiger charge is -2.03. The van der Waals surface area contributed by atoms with Crippen LogP contribution in [0.4, 0.5) is 0 Å². The standard InChI is InChI=1S/C11H13N5O2/c1-15-5-6-16(11(15)18)7-8-3-2-4-9(13-8)10(17)14-12/h2-6H,7,12H2,1H3,(H,14,17). The van der Waals surface area contributed by atoms with Crippen molar-refractivity contribution in [3.63, 3.8) is 0 Å². The van der Waals surface area contributed by atoms with Crippen LogP contribution < -0.4 is 17.0 Å². The molecule has 7 nitrogen and oxygen atoms in total.